The summed E-state index contributed by atoms with van der Waals surface area (Å²) in [5.74, 6) is -2.57. The predicted octanol–water partition coefficient (Wildman–Crippen LogP) is 2.34. The first kappa shape index (κ1) is 21.2. The fraction of sp³-hybridized carbons (Fsp3) is 0.500. The van der Waals surface area contributed by atoms with E-state index in [0.29, 0.717) is 24.4 Å². The second-order valence-corrected chi connectivity index (χ2v) is 10.7. The fourth-order valence-corrected chi connectivity index (χ4v) is 6.00. The molecule has 10 heteroatoms. The standard InChI is InChI=1S/C18H22BrN3O4S2/c1-2-22-14-7-6-13(19)10-15(14)27-18(22)20-16(23)11-28(25,26)12-17(24)21-8-4-3-5-9-21/h6-7,10H,2-5,8-9,11-12H2,1H3. The Labute approximate surface area is 176 Å². The minimum absolute atomic E-state index is 0.428. The van der Waals surface area contributed by atoms with Crippen LogP contribution in [0.5, 0.6) is 0 Å². The molecule has 2 heterocycles. The van der Waals surface area contributed by atoms with Crippen molar-refractivity contribution in [2.24, 2.45) is 4.99 Å². The summed E-state index contributed by atoms with van der Waals surface area (Å²) in [6.07, 6.45) is 2.83. The van der Waals surface area contributed by atoms with Crippen molar-refractivity contribution in [2.75, 3.05) is 24.6 Å². The number of thiazole rings is 1. The van der Waals surface area contributed by atoms with E-state index in [0.717, 1.165) is 34.0 Å². The number of fused-ring (bicyclic) bond motifs is 1. The molecule has 152 valence electrons. The maximum atomic E-state index is 12.3. The van der Waals surface area contributed by atoms with Crippen LogP contribution in [0.15, 0.2) is 27.7 Å². The number of aryl methyl sites for hydroxylation is 1. The third kappa shape index (κ3) is 5.09. The number of hydrogen-bond acceptors (Lipinski definition) is 5. The molecule has 0 radical (unpaired) electrons. The van der Waals surface area contributed by atoms with E-state index < -0.39 is 33.2 Å². The Bertz CT molecular complexity index is 1070. The lowest BCUT2D eigenvalue weighted by Crippen LogP contribution is -2.40. The second kappa shape index (κ2) is 8.87. The highest BCUT2D eigenvalue weighted by Crippen LogP contribution is 2.22. The summed E-state index contributed by atoms with van der Waals surface area (Å²) in [7, 11) is -3.85. The summed E-state index contributed by atoms with van der Waals surface area (Å²) in [5, 5.41) is 0. The monoisotopic (exact) mass is 487 g/mol. The second-order valence-electron chi connectivity index (χ2n) is 6.72. The number of nitrogens with zero attached hydrogens (tertiary/aromatic N) is 3. The Morgan fingerprint density at radius 2 is 1.89 bits per heavy atom. The molecule has 3 rings (SSSR count). The Kier molecular flexibility index (Phi) is 6.72. The molecule has 1 aromatic carbocycles. The highest BCUT2D eigenvalue weighted by molar-refractivity contribution is 9.10. The molecule has 1 aromatic heterocycles. The van der Waals surface area contributed by atoms with E-state index in [1.54, 1.807) is 4.90 Å². The molecule has 0 bridgehead atoms. The van der Waals surface area contributed by atoms with Crippen LogP contribution >= 0.6 is 27.3 Å². The number of likely N-dealkylation sites (tertiary alicyclic amines) is 1. The molecular weight excluding hydrogens is 466 g/mol. The Balaban J connectivity index is 1.77. The zero-order valence-corrected chi connectivity index (χ0v) is 18.8. The summed E-state index contributed by atoms with van der Waals surface area (Å²) in [4.78, 5) is 30.6. The van der Waals surface area contributed by atoms with Crippen LogP contribution in [0.4, 0.5) is 0 Å². The lowest BCUT2D eigenvalue weighted by Gasteiger charge is -2.26. The van der Waals surface area contributed by atoms with Gasteiger partial charge in [-0.15, -0.1) is 0 Å². The van der Waals surface area contributed by atoms with Crippen molar-refractivity contribution in [1.29, 1.82) is 0 Å². The lowest BCUT2D eigenvalue weighted by molar-refractivity contribution is -0.129. The first-order chi connectivity index (χ1) is 13.3. The number of carbonyl (C=O) groups is 2. The Hall–Kier alpha value is -1.52. The highest BCUT2D eigenvalue weighted by atomic mass is 79.9. The number of rotatable bonds is 5. The zero-order valence-electron chi connectivity index (χ0n) is 15.6. The number of carbonyl (C=O) groups excluding carboxylic acids is 2. The molecule has 0 saturated carbocycles. The molecule has 0 N–H and O–H groups in total. The smallest absolute Gasteiger partial charge is 0.263 e. The van der Waals surface area contributed by atoms with Crippen LogP contribution < -0.4 is 4.80 Å². The van der Waals surface area contributed by atoms with Gasteiger partial charge >= 0.3 is 0 Å². The minimum Gasteiger partial charge on any atom is -0.342 e. The van der Waals surface area contributed by atoms with Crippen LogP contribution in [0.25, 0.3) is 10.2 Å². The third-order valence-electron chi connectivity index (χ3n) is 4.58. The molecule has 2 amide bonds. The van der Waals surface area contributed by atoms with Crippen LogP contribution in [0, 0.1) is 0 Å². The summed E-state index contributed by atoms with van der Waals surface area (Å²) in [6.45, 7) is 3.71. The van der Waals surface area contributed by atoms with Crippen molar-refractivity contribution in [3.05, 3.63) is 27.5 Å². The van der Waals surface area contributed by atoms with Gasteiger partial charge in [-0.05, 0) is 44.4 Å². The van der Waals surface area contributed by atoms with Gasteiger partial charge in [0.1, 0.15) is 11.5 Å². The van der Waals surface area contributed by atoms with Crippen molar-refractivity contribution in [3.63, 3.8) is 0 Å². The number of benzene rings is 1. The van der Waals surface area contributed by atoms with Crippen molar-refractivity contribution < 1.29 is 18.0 Å². The molecule has 0 spiro atoms. The van der Waals surface area contributed by atoms with Crippen LogP contribution in [-0.4, -0.2) is 54.3 Å². The summed E-state index contributed by atoms with van der Waals surface area (Å²) < 4.78 is 28.4. The number of halogens is 1. The number of amides is 2. The molecule has 1 aliphatic rings. The molecule has 2 aromatic rings. The number of hydrogen-bond donors (Lipinski definition) is 0. The molecule has 0 atom stereocenters. The summed E-state index contributed by atoms with van der Waals surface area (Å²) in [5.41, 5.74) is 0.936. The largest absolute Gasteiger partial charge is 0.342 e. The van der Waals surface area contributed by atoms with Crippen molar-refractivity contribution in [2.45, 2.75) is 32.7 Å². The number of aromatic nitrogens is 1. The van der Waals surface area contributed by atoms with Crippen LogP contribution in [0.3, 0.4) is 0 Å². The van der Waals surface area contributed by atoms with Gasteiger partial charge in [0.2, 0.25) is 5.91 Å². The molecule has 0 unspecified atom stereocenters. The van der Waals surface area contributed by atoms with Gasteiger partial charge in [0.05, 0.1) is 10.2 Å². The molecule has 1 fully saturated rings. The summed E-state index contributed by atoms with van der Waals surface area (Å²) in [6, 6.07) is 5.77. The average Bonchev–Trinajstić information content (AvgIpc) is 2.97. The molecule has 1 saturated heterocycles. The Morgan fingerprint density at radius 3 is 2.57 bits per heavy atom. The highest BCUT2D eigenvalue weighted by Gasteiger charge is 2.25. The molecule has 28 heavy (non-hydrogen) atoms. The van der Waals surface area contributed by atoms with Crippen molar-refractivity contribution in [1.82, 2.24) is 9.47 Å². The van der Waals surface area contributed by atoms with E-state index in [1.807, 2.05) is 29.7 Å². The third-order valence-corrected chi connectivity index (χ3v) is 7.48. The van der Waals surface area contributed by atoms with Gasteiger partial charge in [-0.2, -0.15) is 4.99 Å². The van der Waals surface area contributed by atoms with Crippen molar-refractivity contribution >= 4 is 59.1 Å². The minimum atomic E-state index is -3.85. The molecular formula is C18H22BrN3O4S2. The van der Waals surface area contributed by atoms with Gasteiger partial charge in [-0.1, -0.05) is 27.3 Å². The normalized spacial score (nSPS) is 15.9. The van der Waals surface area contributed by atoms with E-state index in [1.165, 1.54) is 11.3 Å². The van der Waals surface area contributed by atoms with Crippen LogP contribution in [0.2, 0.25) is 0 Å². The fourth-order valence-electron chi connectivity index (χ4n) is 3.24. The van der Waals surface area contributed by atoms with Gasteiger partial charge in [0.25, 0.3) is 5.91 Å². The quantitative estimate of drug-likeness (QED) is 0.647. The van der Waals surface area contributed by atoms with E-state index in [-0.39, 0.29) is 0 Å². The SMILES string of the molecule is CCn1c(=NC(=O)CS(=O)(=O)CC(=O)N2CCCCC2)sc2cc(Br)ccc21. The molecule has 7 nitrogen and oxygen atoms in total. The van der Waals surface area contributed by atoms with E-state index in [2.05, 4.69) is 20.9 Å². The van der Waals surface area contributed by atoms with Crippen LogP contribution in [-0.2, 0) is 26.0 Å². The summed E-state index contributed by atoms with van der Waals surface area (Å²) >= 11 is 4.75. The Morgan fingerprint density at radius 1 is 1.18 bits per heavy atom. The van der Waals surface area contributed by atoms with E-state index >= 15 is 0 Å². The molecule has 0 aliphatic carbocycles. The van der Waals surface area contributed by atoms with Gasteiger partial charge in [0.15, 0.2) is 14.6 Å². The topological polar surface area (TPSA) is 88.8 Å². The van der Waals surface area contributed by atoms with Gasteiger partial charge in [-0.25, -0.2) is 8.42 Å². The first-order valence-electron chi connectivity index (χ1n) is 9.14. The maximum Gasteiger partial charge on any atom is 0.263 e. The van der Waals surface area contributed by atoms with Crippen LogP contribution in [0.1, 0.15) is 26.2 Å². The lowest BCUT2D eigenvalue weighted by atomic mass is 10.1. The van der Waals surface area contributed by atoms with Gasteiger partial charge in [0, 0.05) is 24.1 Å². The van der Waals surface area contributed by atoms with E-state index in [9.17, 15) is 18.0 Å². The average molecular weight is 488 g/mol. The molecule has 1 aliphatic heterocycles. The number of piperidine rings is 1. The van der Waals surface area contributed by atoms with Gasteiger partial charge in [-0.3, -0.25) is 9.59 Å². The van der Waals surface area contributed by atoms with Gasteiger partial charge < -0.3 is 9.47 Å². The number of sulfone groups is 1. The van der Waals surface area contributed by atoms with E-state index in [4.69, 9.17) is 0 Å². The first-order valence-corrected chi connectivity index (χ1v) is 12.6. The maximum absolute atomic E-state index is 12.3. The zero-order chi connectivity index (χ0) is 20.3. The predicted molar refractivity (Wildman–Crippen MR) is 113 cm³/mol. The van der Waals surface area contributed by atoms with Crippen molar-refractivity contribution in [3.8, 4) is 0 Å².